The van der Waals surface area contributed by atoms with Crippen molar-refractivity contribution in [2.24, 2.45) is 0 Å². The van der Waals surface area contributed by atoms with Gasteiger partial charge in [-0.1, -0.05) is 31.1 Å². The SMILES string of the molecule is CN(Cc1ccc(C#CCCO)s1)C1CCCCC1. The van der Waals surface area contributed by atoms with E-state index >= 15 is 0 Å². The van der Waals surface area contributed by atoms with Crippen molar-refractivity contribution in [1.82, 2.24) is 4.90 Å². The summed E-state index contributed by atoms with van der Waals surface area (Å²) in [5.74, 6) is 6.09. The first kappa shape index (κ1) is 14.6. The van der Waals surface area contributed by atoms with Gasteiger partial charge in [-0.25, -0.2) is 0 Å². The van der Waals surface area contributed by atoms with Crippen molar-refractivity contribution in [1.29, 1.82) is 0 Å². The number of aliphatic hydroxyl groups excluding tert-OH is 1. The molecule has 1 N–H and O–H groups in total. The molecule has 0 amide bonds. The van der Waals surface area contributed by atoms with E-state index in [1.54, 1.807) is 11.3 Å². The largest absolute Gasteiger partial charge is 0.395 e. The molecule has 1 aliphatic carbocycles. The highest BCUT2D eigenvalue weighted by molar-refractivity contribution is 7.12. The number of thiophene rings is 1. The van der Waals surface area contributed by atoms with Crippen LogP contribution in [0.3, 0.4) is 0 Å². The lowest BCUT2D eigenvalue weighted by molar-refractivity contribution is 0.186. The molecule has 2 nitrogen and oxygen atoms in total. The maximum absolute atomic E-state index is 8.71. The zero-order chi connectivity index (χ0) is 13.5. The summed E-state index contributed by atoms with van der Waals surface area (Å²) >= 11 is 1.78. The lowest BCUT2D eigenvalue weighted by Crippen LogP contribution is -2.32. The van der Waals surface area contributed by atoms with Crippen molar-refractivity contribution >= 4 is 11.3 Å². The zero-order valence-electron chi connectivity index (χ0n) is 11.7. The molecule has 0 unspecified atom stereocenters. The molecule has 1 heterocycles. The first-order chi connectivity index (χ1) is 9.29. The molecule has 0 atom stereocenters. The fourth-order valence-electron chi connectivity index (χ4n) is 2.63. The molecule has 1 aromatic rings. The van der Waals surface area contributed by atoms with Crippen LogP contribution in [0, 0.1) is 11.8 Å². The monoisotopic (exact) mass is 277 g/mol. The lowest BCUT2D eigenvalue weighted by Gasteiger charge is -2.30. The third-order valence-electron chi connectivity index (χ3n) is 3.71. The first-order valence-corrected chi connectivity index (χ1v) is 8.00. The van der Waals surface area contributed by atoms with Crippen molar-refractivity contribution in [2.45, 2.75) is 51.1 Å². The normalized spacial score (nSPS) is 16.4. The summed E-state index contributed by atoms with van der Waals surface area (Å²) in [6, 6.07) is 5.05. The molecular weight excluding hydrogens is 254 g/mol. The smallest absolute Gasteiger partial charge is 0.0771 e. The standard InChI is InChI=1S/C16H23NOS/c1-17(14-7-3-2-4-8-14)13-16-11-10-15(19-16)9-5-6-12-18/h10-11,14,18H,2-4,6-8,12-13H2,1H3. The second kappa shape index (κ2) is 7.69. The average molecular weight is 277 g/mol. The van der Waals surface area contributed by atoms with Gasteiger partial charge in [0, 0.05) is 23.9 Å². The molecule has 0 bridgehead atoms. The van der Waals surface area contributed by atoms with Gasteiger partial charge >= 0.3 is 0 Å². The van der Waals surface area contributed by atoms with E-state index in [0.29, 0.717) is 6.42 Å². The van der Waals surface area contributed by atoms with Crippen molar-refractivity contribution < 1.29 is 5.11 Å². The van der Waals surface area contributed by atoms with Gasteiger partial charge in [-0.3, -0.25) is 4.90 Å². The molecule has 1 saturated carbocycles. The summed E-state index contributed by atoms with van der Waals surface area (Å²) in [5, 5.41) is 8.71. The van der Waals surface area contributed by atoms with E-state index in [4.69, 9.17) is 5.11 Å². The van der Waals surface area contributed by atoms with Gasteiger partial charge in [-0.2, -0.15) is 0 Å². The Hall–Kier alpha value is -0.820. The van der Waals surface area contributed by atoms with Crippen molar-refractivity contribution in [3.8, 4) is 11.8 Å². The molecule has 3 heteroatoms. The summed E-state index contributed by atoms with van der Waals surface area (Å²) in [6.07, 6.45) is 7.45. The Kier molecular flexibility index (Phi) is 5.91. The van der Waals surface area contributed by atoms with E-state index in [0.717, 1.165) is 17.5 Å². The number of hydrogen-bond acceptors (Lipinski definition) is 3. The molecule has 1 aromatic heterocycles. The highest BCUT2D eigenvalue weighted by Gasteiger charge is 2.18. The van der Waals surface area contributed by atoms with E-state index in [9.17, 15) is 0 Å². The number of aliphatic hydroxyl groups is 1. The van der Waals surface area contributed by atoms with E-state index in [2.05, 4.69) is 35.9 Å². The second-order valence-corrected chi connectivity index (χ2v) is 6.42. The first-order valence-electron chi connectivity index (χ1n) is 7.18. The predicted octanol–water partition coefficient (Wildman–Crippen LogP) is 3.25. The molecule has 0 radical (unpaired) electrons. The molecule has 1 fully saturated rings. The minimum atomic E-state index is 0.148. The Labute approximate surface area is 120 Å². The van der Waals surface area contributed by atoms with Crippen LogP contribution in [0.15, 0.2) is 12.1 Å². The lowest BCUT2D eigenvalue weighted by atomic mass is 9.94. The van der Waals surface area contributed by atoms with Crippen molar-refractivity contribution in [3.63, 3.8) is 0 Å². The van der Waals surface area contributed by atoms with Gasteiger partial charge < -0.3 is 5.11 Å². The van der Waals surface area contributed by atoms with Gasteiger partial charge in [-0.05, 0) is 32.0 Å². The fraction of sp³-hybridized carbons (Fsp3) is 0.625. The van der Waals surface area contributed by atoms with Gasteiger partial charge in [0.05, 0.1) is 11.5 Å². The van der Waals surface area contributed by atoms with Gasteiger partial charge in [-0.15, -0.1) is 11.3 Å². The van der Waals surface area contributed by atoms with Gasteiger partial charge in [0.1, 0.15) is 0 Å². The van der Waals surface area contributed by atoms with Crippen LogP contribution < -0.4 is 0 Å². The summed E-state index contributed by atoms with van der Waals surface area (Å²) in [7, 11) is 2.24. The Morgan fingerprint density at radius 1 is 1.32 bits per heavy atom. The number of nitrogens with zero attached hydrogens (tertiary/aromatic N) is 1. The maximum Gasteiger partial charge on any atom is 0.0771 e. The van der Waals surface area contributed by atoms with Crippen LogP contribution in [0.1, 0.15) is 48.3 Å². The highest BCUT2D eigenvalue weighted by atomic mass is 32.1. The second-order valence-electron chi connectivity index (χ2n) is 5.25. The summed E-state index contributed by atoms with van der Waals surface area (Å²) in [4.78, 5) is 5.00. The Morgan fingerprint density at radius 3 is 2.84 bits per heavy atom. The minimum absolute atomic E-state index is 0.148. The molecule has 19 heavy (non-hydrogen) atoms. The maximum atomic E-state index is 8.71. The molecular formula is C16H23NOS. The summed E-state index contributed by atoms with van der Waals surface area (Å²) in [5.41, 5.74) is 0. The fourth-order valence-corrected chi connectivity index (χ4v) is 3.58. The van der Waals surface area contributed by atoms with Crippen LogP contribution in [0.4, 0.5) is 0 Å². The van der Waals surface area contributed by atoms with Gasteiger partial charge in [0.2, 0.25) is 0 Å². The van der Waals surface area contributed by atoms with Crippen LogP contribution in [0.25, 0.3) is 0 Å². The van der Waals surface area contributed by atoms with E-state index in [-0.39, 0.29) is 6.61 Å². The van der Waals surface area contributed by atoms with E-state index in [1.165, 1.54) is 37.0 Å². The third-order valence-corrected chi connectivity index (χ3v) is 4.70. The molecule has 0 spiro atoms. The topological polar surface area (TPSA) is 23.5 Å². The van der Waals surface area contributed by atoms with Crippen molar-refractivity contribution in [3.05, 3.63) is 21.9 Å². The number of rotatable bonds is 4. The Balaban J connectivity index is 1.87. The van der Waals surface area contributed by atoms with Crippen LogP contribution in [-0.2, 0) is 6.54 Å². The zero-order valence-corrected chi connectivity index (χ0v) is 12.5. The quantitative estimate of drug-likeness (QED) is 0.854. The number of hydrogen-bond donors (Lipinski definition) is 1. The Bertz CT molecular complexity index is 437. The predicted molar refractivity (Wildman–Crippen MR) is 81.2 cm³/mol. The molecule has 104 valence electrons. The summed E-state index contributed by atoms with van der Waals surface area (Å²) in [6.45, 7) is 1.19. The van der Waals surface area contributed by atoms with Crippen LogP contribution in [0.5, 0.6) is 0 Å². The van der Waals surface area contributed by atoms with E-state index < -0.39 is 0 Å². The van der Waals surface area contributed by atoms with Crippen LogP contribution in [-0.4, -0.2) is 29.7 Å². The molecule has 1 aliphatic rings. The van der Waals surface area contributed by atoms with Crippen molar-refractivity contribution in [2.75, 3.05) is 13.7 Å². The molecule has 0 aromatic carbocycles. The molecule has 0 aliphatic heterocycles. The molecule has 0 saturated heterocycles. The third kappa shape index (κ3) is 4.65. The van der Waals surface area contributed by atoms with Gasteiger partial charge in [0.15, 0.2) is 0 Å². The van der Waals surface area contributed by atoms with Crippen LogP contribution >= 0.6 is 11.3 Å². The Morgan fingerprint density at radius 2 is 2.11 bits per heavy atom. The van der Waals surface area contributed by atoms with Gasteiger partial charge in [0.25, 0.3) is 0 Å². The summed E-state index contributed by atoms with van der Waals surface area (Å²) < 4.78 is 0. The van der Waals surface area contributed by atoms with Crippen LogP contribution in [0.2, 0.25) is 0 Å². The average Bonchev–Trinajstić information content (AvgIpc) is 2.88. The van der Waals surface area contributed by atoms with E-state index in [1.807, 2.05) is 0 Å². The minimum Gasteiger partial charge on any atom is -0.395 e. The molecule has 2 rings (SSSR count). The highest BCUT2D eigenvalue weighted by Crippen LogP contribution is 2.24.